The van der Waals surface area contributed by atoms with Crippen molar-refractivity contribution in [3.63, 3.8) is 0 Å². The smallest absolute Gasteiger partial charge is 0.324 e. The van der Waals surface area contributed by atoms with Gasteiger partial charge in [-0.15, -0.1) is 11.8 Å². The molecule has 1 rings (SSSR count). The lowest BCUT2D eigenvalue weighted by Crippen LogP contribution is -2.45. The Morgan fingerprint density at radius 2 is 2.25 bits per heavy atom. The summed E-state index contributed by atoms with van der Waals surface area (Å²) in [7, 11) is 3.39. The highest BCUT2D eigenvalue weighted by Crippen LogP contribution is 2.38. The lowest BCUT2D eigenvalue weighted by molar-refractivity contribution is -0.146. The van der Waals surface area contributed by atoms with Crippen LogP contribution in [0, 0.1) is 0 Å². The second kappa shape index (κ2) is 3.26. The van der Waals surface area contributed by atoms with E-state index in [0.29, 0.717) is 0 Å². The zero-order valence-corrected chi connectivity index (χ0v) is 8.77. The number of esters is 1. The van der Waals surface area contributed by atoms with Crippen molar-refractivity contribution in [2.75, 3.05) is 20.0 Å². The number of hydrogen-bond acceptors (Lipinski definition) is 4. The Bertz CT molecular complexity index is 193. The molecule has 0 aromatic heterocycles. The van der Waals surface area contributed by atoms with E-state index in [1.165, 1.54) is 7.11 Å². The number of ether oxygens (including phenoxy) is 1. The summed E-state index contributed by atoms with van der Waals surface area (Å²) in [5, 5.41) is 0. The van der Waals surface area contributed by atoms with E-state index < -0.39 is 0 Å². The summed E-state index contributed by atoms with van der Waals surface area (Å²) in [6.07, 6.45) is 0. The standard InChI is InChI=1S/C8H15NO2S/c1-8(2)6(7(10)11-4)9(3)5-12-8/h6H,5H2,1-4H3/t6-/m0/s1. The fraction of sp³-hybridized carbons (Fsp3) is 0.875. The molecule has 1 heterocycles. The van der Waals surface area contributed by atoms with Crippen LogP contribution in [0.2, 0.25) is 0 Å². The van der Waals surface area contributed by atoms with Crippen LogP contribution < -0.4 is 0 Å². The van der Waals surface area contributed by atoms with E-state index in [1.807, 2.05) is 11.9 Å². The number of likely N-dealkylation sites (N-methyl/N-ethyl adjacent to an activating group) is 1. The molecule has 4 heteroatoms. The SMILES string of the molecule is COC(=O)[C@@H]1N(C)CSC1(C)C. The first-order valence-corrected chi connectivity index (χ1v) is 4.89. The zero-order valence-electron chi connectivity index (χ0n) is 7.96. The molecule has 12 heavy (non-hydrogen) atoms. The predicted molar refractivity (Wildman–Crippen MR) is 50.1 cm³/mol. The van der Waals surface area contributed by atoms with Crippen LogP contribution in [-0.2, 0) is 9.53 Å². The fourth-order valence-electron chi connectivity index (χ4n) is 1.53. The summed E-state index contributed by atoms with van der Waals surface area (Å²) < 4.78 is 4.72. The lowest BCUT2D eigenvalue weighted by Gasteiger charge is -2.26. The van der Waals surface area contributed by atoms with Crippen molar-refractivity contribution >= 4 is 17.7 Å². The summed E-state index contributed by atoms with van der Waals surface area (Å²) in [5.41, 5.74) is 0. The van der Waals surface area contributed by atoms with Crippen molar-refractivity contribution in [1.29, 1.82) is 0 Å². The number of hydrogen-bond donors (Lipinski definition) is 0. The first-order chi connectivity index (χ1) is 5.49. The third-order valence-corrected chi connectivity index (χ3v) is 3.67. The Hall–Kier alpha value is -0.220. The number of thioether (sulfide) groups is 1. The van der Waals surface area contributed by atoms with Gasteiger partial charge in [-0.05, 0) is 20.9 Å². The highest BCUT2D eigenvalue weighted by Gasteiger charge is 2.44. The normalized spacial score (nSPS) is 28.8. The highest BCUT2D eigenvalue weighted by molar-refractivity contribution is 8.00. The van der Waals surface area contributed by atoms with Crippen LogP contribution in [0.4, 0.5) is 0 Å². The van der Waals surface area contributed by atoms with Gasteiger partial charge in [-0.2, -0.15) is 0 Å². The van der Waals surface area contributed by atoms with E-state index in [9.17, 15) is 4.79 Å². The number of carbonyl (C=O) groups is 1. The molecule has 0 spiro atoms. The van der Waals surface area contributed by atoms with Gasteiger partial charge in [0.05, 0.1) is 7.11 Å². The largest absolute Gasteiger partial charge is 0.468 e. The minimum atomic E-state index is -0.132. The molecule has 0 aromatic carbocycles. The maximum absolute atomic E-state index is 11.4. The van der Waals surface area contributed by atoms with Gasteiger partial charge in [0.25, 0.3) is 0 Å². The van der Waals surface area contributed by atoms with E-state index >= 15 is 0 Å². The molecule has 3 nitrogen and oxygen atoms in total. The lowest BCUT2D eigenvalue weighted by atomic mass is 10.0. The molecule has 1 aliphatic rings. The van der Waals surface area contributed by atoms with Crippen molar-refractivity contribution < 1.29 is 9.53 Å². The molecule has 0 saturated carbocycles. The Morgan fingerprint density at radius 3 is 2.58 bits per heavy atom. The minimum absolute atomic E-state index is 0.0259. The van der Waals surface area contributed by atoms with Gasteiger partial charge in [-0.25, -0.2) is 0 Å². The number of methoxy groups -OCH3 is 1. The van der Waals surface area contributed by atoms with Crippen LogP contribution >= 0.6 is 11.8 Å². The Morgan fingerprint density at radius 1 is 1.67 bits per heavy atom. The van der Waals surface area contributed by atoms with Crippen molar-refractivity contribution in [3.8, 4) is 0 Å². The van der Waals surface area contributed by atoms with E-state index in [-0.39, 0.29) is 16.8 Å². The third-order valence-electron chi connectivity index (χ3n) is 2.16. The van der Waals surface area contributed by atoms with Crippen LogP contribution in [0.1, 0.15) is 13.8 Å². The molecule has 1 saturated heterocycles. The maximum atomic E-state index is 11.4. The molecule has 0 N–H and O–H groups in total. The molecular formula is C8H15NO2S. The molecule has 1 atom stereocenters. The fourth-order valence-corrected chi connectivity index (χ4v) is 2.65. The average Bonchev–Trinajstić information content (AvgIpc) is 2.25. The molecule has 0 unspecified atom stereocenters. The summed E-state index contributed by atoms with van der Waals surface area (Å²) in [6.45, 7) is 4.14. The summed E-state index contributed by atoms with van der Waals surface area (Å²) in [4.78, 5) is 13.4. The second-order valence-corrected chi connectivity index (χ2v) is 5.16. The molecule has 0 aromatic rings. The molecule has 0 aliphatic carbocycles. The van der Waals surface area contributed by atoms with Gasteiger partial charge < -0.3 is 4.74 Å². The number of nitrogens with zero attached hydrogens (tertiary/aromatic N) is 1. The van der Waals surface area contributed by atoms with Crippen molar-refractivity contribution in [2.45, 2.75) is 24.6 Å². The Labute approximate surface area is 77.4 Å². The van der Waals surface area contributed by atoms with Crippen LogP contribution in [0.5, 0.6) is 0 Å². The van der Waals surface area contributed by atoms with Gasteiger partial charge in [0.15, 0.2) is 0 Å². The maximum Gasteiger partial charge on any atom is 0.324 e. The molecule has 1 aliphatic heterocycles. The van der Waals surface area contributed by atoms with Gasteiger partial charge in [-0.3, -0.25) is 9.69 Å². The minimum Gasteiger partial charge on any atom is -0.468 e. The Balaban J connectivity index is 2.78. The van der Waals surface area contributed by atoms with Gasteiger partial charge in [0, 0.05) is 10.6 Å². The van der Waals surface area contributed by atoms with Crippen molar-refractivity contribution in [2.24, 2.45) is 0 Å². The van der Waals surface area contributed by atoms with E-state index in [2.05, 4.69) is 13.8 Å². The third kappa shape index (κ3) is 1.59. The van der Waals surface area contributed by atoms with Gasteiger partial charge in [-0.1, -0.05) is 0 Å². The van der Waals surface area contributed by atoms with Crippen LogP contribution in [0.15, 0.2) is 0 Å². The molecular weight excluding hydrogens is 174 g/mol. The predicted octanol–water partition coefficient (Wildman–Crippen LogP) is 0.943. The average molecular weight is 189 g/mol. The summed E-state index contributed by atoms with van der Waals surface area (Å²) in [6, 6.07) is -0.104. The monoisotopic (exact) mass is 189 g/mol. The highest BCUT2D eigenvalue weighted by atomic mass is 32.2. The van der Waals surface area contributed by atoms with Crippen LogP contribution in [0.3, 0.4) is 0 Å². The molecule has 0 bridgehead atoms. The van der Waals surface area contributed by atoms with E-state index in [1.54, 1.807) is 11.8 Å². The van der Waals surface area contributed by atoms with Crippen molar-refractivity contribution in [1.82, 2.24) is 4.90 Å². The molecule has 1 fully saturated rings. The van der Waals surface area contributed by atoms with Gasteiger partial charge in [0.1, 0.15) is 6.04 Å². The van der Waals surface area contributed by atoms with Gasteiger partial charge >= 0.3 is 5.97 Å². The molecule has 0 amide bonds. The first-order valence-electron chi connectivity index (χ1n) is 3.91. The zero-order chi connectivity index (χ0) is 9.35. The topological polar surface area (TPSA) is 29.5 Å². The molecule has 70 valence electrons. The van der Waals surface area contributed by atoms with E-state index in [4.69, 9.17) is 4.74 Å². The summed E-state index contributed by atoms with van der Waals surface area (Å²) in [5.74, 6) is 0.764. The quantitative estimate of drug-likeness (QED) is 0.574. The molecule has 0 radical (unpaired) electrons. The summed E-state index contributed by atoms with van der Waals surface area (Å²) >= 11 is 1.78. The van der Waals surface area contributed by atoms with Gasteiger partial charge in [0.2, 0.25) is 0 Å². The first kappa shape index (κ1) is 9.86. The van der Waals surface area contributed by atoms with Crippen LogP contribution in [0.25, 0.3) is 0 Å². The Kier molecular flexibility index (Phi) is 2.68. The van der Waals surface area contributed by atoms with Crippen molar-refractivity contribution in [3.05, 3.63) is 0 Å². The second-order valence-electron chi connectivity index (χ2n) is 3.56. The number of carbonyl (C=O) groups excluding carboxylic acids is 1. The van der Waals surface area contributed by atoms with Crippen LogP contribution in [-0.4, -0.2) is 41.7 Å². The van der Waals surface area contributed by atoms with E-state index in [0.717, 1.165) is 5.88 Å². The number of rotatable bonds is 1.